The first-order valence-electron chi connectivity index (χ1n) is 13.1. The largest absolute Gasteiger partial charge is 0.444 e. The Balaban J connectivity index is 1.78. The number of carbonyl (C=O) groups is 1. The van der Waals surface area contributed by atoms with Crippen molar-refractivity contribution in [1.82, 2.24) is 5.32 Å². The maximum absolute atomic E-state index is 13.2. The molecule has 0 aliphatic carbocycles. The van der Waals surface area contributed by atoms with Crippen molar-refractivity contribution in [1.29, 1.82) is 0 Å². The van der Waals surface area contributed by atoms with Crippen LogP contribution in [-0.2, 0) is 16.0 Å². The van der Waals surface area contributed by atoms with Gasteiger partial charge in [-0.2, -0.15) is 0 Å². The third kappa shape index (κ3) is 6.00. The molecule has 2 unspecified atom stereocenters. The number of hydrogen-bond donors (Lipinski definition) is 2. The molecule has 200 valence electrons. The second kappa shape index (κ2) is 11.1. The summed E-state index contributed by atoms with van der Waals surface area (Å²) in [7, 11) is -2.78. The fraction of sp³-hybridized carbons (Fsp3) is 0.355. The van der Waals surface area contributed by atoms with Crippen LogP contribution in [0.15, 0.2) is 96.2 Å². The zero-order chi connectivity index (χ0) is 27.4. The van der Waals surface area contributed by atoms with E-state index < -0.39 is 37.1 Å². The minimum absolute atomic E-state index is 0.403. The van der Waals surface area contributed by atoms with Gasteiger partial charge in [0.05, 0.1) is 11.8 Å². The number of nitrogens with zero attached hydrogens (tertiary/aromatic N) is 1. The predicted molar refractivity (Wildman–Crippen MR) is 154 cm³/mol. The van der Waals surface area contributed by atoms with Crippen LogP contribution in [0.4, 0.5) is 4.79 Å². The highest BCUT2D eigenvalue weighted by atomic mass is 28.3. The van der Waals surface area contributed by atoms with Crippen LogP contribution < -0.4 is 10.5 Å². The number of rotatable bonds is 8. The molecule has 3 aromatic carbocycles. The number of benzene rings is 3. The first-order valence-corrected chi connectivity index (χ1v) is 16.1. The smallest absolute Gasteiger partial charge is 0.407 e. The second-order valence-corrected chi connectivity index (χ2v) is 16.0. The first-order chi connectivity index (χ1) is 18.0. The number of ether oxygens (including phenoxy) is 1. The first kappa shape index (κ1) is 27.6. The van der Waals surface area contributed by atoms with Crippen molar-refractivity contribution in [3.05, 3.63) is 102 Å². The van der Waals surface area contributed by atoms with E-state index in [1.165, 1.54) is 0 Å². The van der Waals surface area contributed by atoms with Crippen molar-refractivity contribution < 1.29 is 19.5 Å². The van der Waals surface area contributed by atoms with Gasteiger partial charge in [0.15, 0.2) is 6.10 Å². The van der Waals surface area contributed by atoms with E-state index >= 15 is 0 Å². The van der Waals surface area contributed by atoms with Crippen molar-refractivity contribution in [3.63, 3.8) is 0 Å². The Bertz CT molecular complexity index is 1240. The summed E-state index contributed by atoms with van der Waals surface area (Å²) in [4.78, 5) is 19.2. The lowest BCUT2D eigenvalue weighted by atomic mass is 9.93. The Morgan fingerprint density at radius 3 is 2.13 bits per heavy atom. The van der Waals surface area contributed by atoms with Gasteiger partial charge >= 0.3 is 6.09 Å². The highest BCUT2D eigenvalue weighted by Crippen LogP contribution is 2.37. The molecule has 0 spiro atoms. The molecule has 7 heteroatoms. The van der Waals surface area contributed by atoms with E-state index in [0.29, 0.717) is 12.8 Å². The molecule has 0 saturated carbocycles. The predicted octanol–water partition coefficient (Wildman–Crippen LogP) is 5.20. The summed E-state index contributed by atoms with van der Waals surface area (Å²) in [5, 5.41) is 20.1. The van der Waals surface area contributed by atoms with E-state index in [1.807, 2.05) is 99.6 Å². The lowest BCUT2D eigenvalue weighted by Crippen LogP contribution is -2.76. The Labute approximate surface area is 226 Å². The molecule has 0 radical (unpaired) electrons. The van der Waals surface area contributed by atoms with Gasteiger partial charge in [-0.15, -0.1) is 0 Å². The minimum Gasteiger partial charge on any atom is -0.444 e. The lowest BCUT2D eigenvalue weighted by molar-refractivity contribution is -0.0695. The van der Waals surface area contributed by atoms with Crippen LogP contribution in [0.1, 0.15) is 38.3 Å². The van der Waals surface area contributed by atoms with E-state index in [4.69, 9.17) is 9.57 Å². The number of nitrogens with one attached hydrogen (secondary N) is 1. The molecule has 1 aliphatic rings. The fourth-order valence-electron chi connectivity index (χ4n) is 5.18. The number of oxime groups is 1. The Morgan fingerprint density at radius 2 is 1.55 bits per heavy atom. The molecule has 3 aromatic rings. The van der Waals surface area contributed by atoms with Gasteiger partial charge < -0.3 is 20.0 Å². The molecule has 4 rings (SSSR count). The van der Waals surface area contributed by atoms with Gasteiger partial charge in [0.25, 0.3) is 0 Å². The number of hydrogen-bond acceptors (Lipinski definition) is 5. The minimum atomic E-state index is -2.78. The van der Waals surface area contributed by atoms with Crippen LogP contribution in [0.2, 0.25) is 13.1 Å². The number of alkyl carbamates (subject to hydrolysis) is 1. The highest BCUT2D eigenvalue weighted by molar-refractivity contribution is 6.92. The third-order valence-electron chi connectivity index (χ3n) is 7.27. The average Bonchev–Trinajstić information content (AvgIpc) is 3.39. The summed E-state index contributed by atoms with van der Waals surface area (Å²) in [5.74, 6) is 0. The van der Waals surface area contributed by atoms with Crippen molar-refractivity contribution in [2.75, 3.05) is 0 Å². The fourth-order valence-corrected chi connectivity index (χ4v) is 8.67. The standard InChI is InChI=1S/C31H38N2O4Si/c1-30(2,3)36-29(34)32-27(21-23-15-9-6-10-16-23)31(35,38(4,5)25-19-13-8-14-20-25)28-22-26(33-37-28)24-17-11-7-12-18-24/h6-20,27-28,35H,21-22H2,1-5H3,(H,32,34)/t27-,28?,31?/m0/s1. The van der Waals surface area contributed by atoms with Crippen LogP contribution in [0.25, 0.3) is 0 Å². The van der Waals surface area contributed by atoms with Gasteiger partial charge in [0.1, 0.15) is 18.9 Å². The summed E-state index contributed by atoms with van der Waals surface area (Å²) in [6.07, 6.45) is -0.411. The molecule has 38 heavy (non-hydrogen) atoms. The van der Waals surface area contributed by atoms with Crippen LogP contribution in [0.5, 0.6) is 0 Å². The molecule has 2 N–H and O–H groups in total. The molecule has 1 amide bonds. The van der Waals surface area contributed by atoms with Gasteiger partial charge in [0, 0.05) is 6.42 Å². The van der Waals surface area contributed by atoms with Gasteiger partial charge in [-0.3, -0.25) is 0 Å². The van der Waals surface area contributed by atoms with Crippen molar-refractivity contribution >= 4 is 25.1 Å². The highest BCUT2D eigenvalue weighted by Gasteiger charge is 2.60. The normalized spacial score (nSPS) is 18.1. The molecule has 0 fully saturated rings. The summed E-state index contributed by atoms with van der Waals surface area (Å²) < 4.78 is 5.66. The Hall–Kier alpha value is -3.42. The van der Waals surface area contributed by atoms with E-state index in [2.05, 4.69) is 35.7 Å². The molecule has 0 aromatic heterocycles. The van der Waals surface area contributed by atoms with E-state index in [-0.39, 0.29) is 0 Å². The van der Waals surface area contributed by atoms with Crippen LogP contribution in [0, 0.1) is 0 Å². The summed E-state index contributed by atoms with van der Waals surface area (Å²) >= 11 is 0. The van der Waals surface area contributed by atoms with E-state index in [9.17, 15) is 9.90 Å². The lowest BCUT2D eigenvalue weighted by Gasteiger charge is -2.49. The van der Waals surface area contributed by atoms with Crippen LogP contribution >= 0.6 is 0 Å². The Kier molecular flexibility index (Phi) is 8.09. The third-order valence-corrected chi connectivity index (χ3v) is 11.7. The van der Waals surface area contributed by atoms with Crippen LogP contribution in [-0.4, -0.2) is 48.0 Å². The second-order valence-electron chi connectivity index (χ2n) is 11.4. The zero-order valence-corrected chi connectivity index (χ0v) is 23.8. The molecule has 6 nitrogen and oxygen atoms in total. The van der Waals surface area contributed by atoms with Gasteiger partial charge in [0.2, 0.25) is 0 Å². The number of carbonyl (C=O) groups excluding carboxylic acids is 1. The monoisotopic (exact) mass is 530 g/mol. The number of amides is 1. The van der Waals surface area contributed by atoms with Crippen molar-refractivity contribution in [3.8, 4) is 0 Å². The van der Waals surface area contributed by atoms with E-state index in [0.717, 1.165) is 22.0 Å². The van der Waals surface area contributed by atoms with Crippen LogP contribution in [0.3, 0.4) is 0 Å². The maximum atomic E-state index is 13.2. The topological polar surface area (TPSA) is 80.2 Å². The average molecular weight is 531 g/mol. The molecule has 0 bridgehead atoms. The molecular weight excluding hydrogens is 492 g/mol. The van der Waals surface area contributed by atoms with Gasteiger partial charge in [-0.1, -0.05) is 114 Å². The summed E-state index contributed by atoms with van der Waals surface area (Å²) in [5.41, 5.74) is 2.05. The molecule has 3 atom stereocenters. The SMILES string of the molecule is CC(C)(C)OC(=O)N[C@@H](Cc1ccccc1)C(O)(C1CC(c2ccccc2)=NO1)[Si](C)(C)c1ccccc1. The number of aliphatic hydroxyl groups is 1. The van der Waals surface area contributed by atoms with Gasteiger partial charge in [-0.05, 0) is 38.3 Å². The van der Waals surface area contributed by atoms with Crippen molar-refractivity contribution in [2.24, 2.45) is 5.16 Å². The van der Waals surface area contributed by atoms with E-state index in [1.54, 1.807) is 0 Å². The molecule has 0 saturated heterocycles. The summed E-state index contributed by atoms with van der Waals surface area (Å²) in [6, 6.07) is 29.1. The molecule has 1 heterocycles. The van der Waals surface area contributed by atoms with Crippen molar-refractivity contribution in [2.45, 2.75) is 69.7 Å². The Morgan fingerprint density at radius 1 is 1.00 bits per heavy atom. The van der Waals surface area contributed by atoms with Gasteiger partial charge in [-0.25, -0.2) is 4.79 Å². The quantitative estimate of drug-likeness (QED) is 0.392. The molecular formula is C31H38N2O4Si. The molecule has 1 aliphatic heterocycles. The maximum Gasteiger partial charge on any atom is 0.407 e. The summed E-state index contributed by atoms with van der Waals surface area (Å²) in [6.45, 7) is 9.73. The zero-order valence-electron chi connectivity index (χ0n) is 22.8.